The summed E-state index contributed by atoms with van der Waals surface area (Å²) in [6, 6.07) is 14.0. The normalized spacial score (nSPS) is 11.3. The second-order valence-electron chi connectivity index (χ2n) is 6.18. The van der Waals surface area contributed by atoms with E-state index in [9.17, 15) is 4.79 Å². The van der Waals surface area contributed by atoms with E-state index in [4.69, 9.17) is 0 Å². The Balaban J connectivity index is 1.80. The van der Waals surface area contributed by atoms with E-state index in [1.54, 1.807) is 16.7 Å². The monoisotopic (exact) mass is 307 g/mol. The summed E-state index contributed by atoms with van der Waals surface area (Å²) < 4.78 is 1.58. The molecule has 0 saturated heterocycles. The Kier molecular flexibility index (Phi) is 4.26. The SMILES string of the molecule is Cc1ccc(CN(C)Cc2cc(=O)n3ccc(C)cc3n2)cc1. The number of fused-ring (bicyclic) bond motifs is 1. The van der Waals surface area contributed by atoms with Gasteiger partial charge in [-0.05, 0) is 44.2 Å². The van der Waals surface area contributed by atoms with Crippen molar-refractivity contribution in [3.8, 4) is 0 Å². The predicted octanol–water partition coefficient (Wildman–Crippen LogP) is 2.94. The highest BCUT2D eigenvalue weighted by molar-refractivity contribution is 5.41. The maximum atomic E-state index is 12.2. The molecule has 0 fully saturated rings. The average molecular weight is 307 g/mol. The van der Waals surface area contributed by atoms with Gasteiger partial charge in [-0.2, -0.15) is 0 Å². The molecule has 2 heterocycles. The molecule has 0 unspecified atom stereocenters. The van der Waals surface area contributed by atoms with E-state index in [0.717, 1.165) is 17.8 Å². The van der Waals surface area contributed by atoms with Crippen molar-refractivity contribution < 1.29 is 0 Å². The molecular weight excluding hydrogens is 286 g/mol. The summed E-state index contributed by atoms with van der Waals surface area (Å²) in [4.78, 5) is 19.0. The first-order valence-corrected chi connectivity index (χ1v) is 7.74. The third-order valence-electron chi connectivity index (χ3n) is 3.88. The van der Waals surface area contributed by atoms with Crippen molar-refractivity contribution in [1.29, 1.82) is 0 Å². The first-order chi connectivity index (χ1) is 11.0. The maximum absolute atomic E-state index is 12.2. The van der Waals surface area contributed by atoms with Gasteiger partial charge in [0.05, 0.1) is 5.69 Å². The Morgan fingerprint density at radius 3 is 2.48 bits per heavy atom. The van der Waals surface area contributed by atoms with Crippen molar-refractivity contribution >= 4 is 5.65 Å². The zero-order valence-electron chi connectivity index (χ0n) is 13.8. The highest BCUT2D eigenvalue weighted by atomic mass is 16.1. The highest BCUT2D eigenvalue weighted by Crippen LogP contribution is 2.09. The zero-order valence-corrected chi connectivity index (χ0v) is 13.8. The molecule has 0 aliphatic carbocycles. The lowest BCUT2D eigenvalue weighted by atomic mass is 10.1. The molecule has 118 valence electrons. The van der Waals surface area contributed by atoms with Gasteiger partial charge in [-0.25, -0.2) is 4.98 Å². The molecule has 0 atom stereocenters. The number of nitrogens with zero attached hydrogens (tertiary/aromatic N) is 3. The summed E-state index contributed by atoms with van der Waals surface area (Å²) >= 11 is 0. The van der Waals surface area contributed by atoms with Crippen LogP contribution in [0.15, 0.2) is 53.5 Å². The van der Waals surface area contributed by atoms with Crippen LogP contribution in [0.4, 0.5) is 0 Å². The summed E-state index contributed by atoms with van der Waals surface area (Å²) in [6.45, 7) is 5.56. The number of benzene rings is 1. The third-order valence-corrected chi connectivity index (χ3v) is 3.88. The predicted molar refractivity (Wildman–Crippen MR) is 92.5 cm³/mol. The van der Waals surface area contributed by atoms with Crippen molar-refractivity contribution in [2.24, 2.45) is 0 Å². The lowest BCUT2D eigenvalue weighted by Crippen LogP contribution is -2.21. The lowest BCUT2D eigenvalue weighted by Gasteiger charge is -2.16. The van der Waals surface area contributed by atoms with Gasteiger partial charge in [-0.3, -0.25) is 14.1 Å². The van der Waals surface area contributed by atoms with Crippen LogP contribution in [-0.4, -0.2) is 21.3 Å². The summed E-state index contributed by atoms with van der Waals surface area (Å²) in [5.41, 5.74) is 5.09. The molecule has 23 heavy (non-hydrogen) atoms. The molecule has 0 amide bonds. The van der Waals surface area contributed by atoms with Crippen LogP contribution >= 0.6 is 0 Å². The zero-order chi connectivity index (χ0) is 16.4. The van der Waals surface area contributed by atoms with Gasteiger partial charge < -0.3 is 0 Å². The first-order valence-electron chi connectivity index (χ1n) is 7.74. The molecule has 0 N–H and O–H groups in total. The molecule has 0 bridgehead atoms. The molecule has 3 rings (SSSR count). The van der Waals surface area contributed by atoms with Crippen LogP contribution in [-0.2, 0) is 13.1 Å². The van der Waals surface area contributed by atoms with E-state index in [-0.39, 0.29) is 5.56 Å². The Labute approximate surface area is 136 Å². The molecule has 0 saturated carbocycles. The number of hydrogen-bond acceptors (Lipinski definition) is 3. The molecule has 0 radical (unpaired) electrons. The van der Waals surface area contributed by atoms with Crippen LogP contribution in [0.1, 0.15) is 22.4 Å². The largest absolute Gasteiger partial charge is 0.296 e. The number of hydrogen-bond donors (Lipinski definition) is 0. The maximum Gasteiger partial charge on any atom is 0.258 e. The molecule has 1 aromatic carbocycles. The van der Waals surface area contributed by atoms with Gasteiger partial charge in [0.2, 0.25) is 0 Å². The van der Waals surface area contributed by atoms with E-state index in [1.807, 2.05) is 26.1 Å². The average Bonchev–Trinajstić information content (AvgIpc) is 2.49. The second kappa shape index (κ2) is 6.34. The minimum absolute atomic E-state index is 0.0336. The van der Waals surface area contributed by atoms with E-state index in [0.29, 0.717) is 12.2 Å². The Hall–Kier alpha value is -2.46. The highest BCUT2D eigenvalue weighted by Gasteiger charge is 2.06. The minimum Gasteiger partial charge on any atom is -0.296 e. The van der Waals surface area contributed by atoms with Gasteiger partial charge in [0.1, 0.15) is 5.65 Å². The van der Waals surface area contributed by atoms with Gasteiger partial charge in [-0.15, -0.1) is 0 Å². The standard InChI is InChI=1S/C19H21N3O/c1-14-4-6-16(7-5-14)12-21(3)13-17-11-19(23)22-9-8-15(2)10-18(22)20-17/h4-11H,12-13H2,1-3H3. The van der Waals surface area contributed by atoms with Crippen molar-refractivity contribution in [3.63, 3.8) is 0 Å². The molecule has 0 aliphatic heterocycles. The van der Waals surface area contributed by atoms with E-state index in [1.165, 1.54) is 11.1 Å². The molecule has 4 nitrogen and oxygen atoms in total. The molecule has 0 aliphatic rings. The lowest BCUT2D eigenvalue weighted by molar-refractivity contribution is 0.315. The van der Waals surface area contributed by atoms with E-state index in [2.05, 4.69) is 41.1 Å². The fraction of sp³-hybridized carbons (Fsp3) is 0.263. The minimum atomic E-state index is -0.0336. The van der Waals surface area contributed by atoms with Gasteiger partial charge in [0.15, 0.2) is 0 Å². The topological polar surface area (TPSA) is 37.6 Å². The number of pyridine rings is 1. The van der Waals surface area contributed by atoms with Crippen LogP contribution < -0.4 is 5.56 Å². The fourth-order valence-electron chi connectivity index (χ4n) is 2.67. The van der Waals surface area contributed by atoms with Gasteiger partial charge in [0, 0.05) is 25.4 Å². The second-order valence-corrected chi connectivity index (χ2v) is 6.18. The fourth-order valence-corrected chi connectivity index (χ4v) is 2.67. The molecular formula is C19H21N3O. The van der Waals surface area contributed by atoms with Gasteiger partial charge >= 0.3 is 0 Å². The van der Waals surface area contributed by atoms with E-state index >= 15 is 0 Å². The summed E-state index contributed by atoms with van der Waals surface area (Å²) in [5, 5.41) is 0. The molecule has 2 aromatic heterocycles. The third kappa shape index (κ3) is 3.66. The Morgan fingerprint density at radius 2 is 1.74 bits per heavy atom. The number of rotatable bonds is 4. The van der Waals surface area contributed by atoms with Crippen molar-refractivity contribution in [2.75, 3.05) is 7.05 Å². The number of aromatic nitrogens is 2. The molecule has 3 aromatic rings. The van der Waals surface area contributed by atoms with Gasteiger partial charge in [0.25, 0.3) is 5.56 Å². The van der Waals surface area contributed by atoms with Crippen LogP contribution in [0.25, 0.3) is 5.65 Å². The summed E-state index contributed by atoms with van der Waals surface area (Å²) in [7, 11) is 2.04. The summed E-state index contributed by atoms with van der Waals surface area (Å²) in [6.07, 6.45) is 1.78. The smallest absolute Gasteiger partial charge is 0.258 e. The number of aryl methyl sites for hydroxylation is 2. The molecule has 0 spiro atoms. The van der Waals surface area contributed by atoms with E-state index < -0.39 is 0 Å². The van der Waals surface area contributed by atoms with Crippen LogP contribution in [0.5, 0.6) is 0 Å². The van der Waals surface area contributed by atoms with Crippen molar-refractivity contribution in [2.45, 2.75) is 26.9 Å². The molecule has 4 heteroatoms. The Bertz CT molecular complexity index is 881. The van der Waals surface area contributed by atoms with Gasteiger partial charge in [-0.1, -0.05) is 29.8 Å². The summed E-state index contributed by atoms with van der Waals surface area (Å²) in [5.74, 6) is 0. The van der Waals surface area contributed by atoms with Crippen LogP contribution in [0.2, 0.25) is 0 Å². The van der Waals surface area contributed by atoms with Crippen molar-refractivity contribution in [1.82, 2.24) is 14.3 Å². The van der Waals surface area contributed by atoms with Crippen LogP contribution in [0.3, 0.4) is 0 Å². The first kappa shape index (κ1) is 15.4. The van der Waals surface area contributed by atoms with Crippen LogP contribution in [0, 0.1) is 13.8 Å². The Morgan fingerprint density at radius 1 is 1.00 bits per heavy atom. The quantitative estimate of drug-likeness (QED) is 0.744. The van der Waals surface area contributed by atoms with Crippen molar-refractivity contribution in [3.05, 3.63) is 81.4 Å².